The van der Waals surface area contributed by atoms with Gasteiger partial charge in [0.25, 0.3) is 5.91 Å². The third kappa shape index (κ3) is 4.18. The maximum absolute atomic E-state index is 11.9. The molecule has 0 radical (unpaired) electrons. The first-order valence-corrected chi connectivity index (χ1v) is 7.47. The van der Waals surface area contributed by atoms with Crippen molar-refractivity contribution in [2.24, 2.45) is 0 Å². The fourth-order valence-corrected chi connectivity index (χ4v) is 2.12. The molecule has 0 spiro atoms. The van der Waals surface area contributed by atoms with Gasteiger partial charge in [-0.05, 0) is 32.0 Å². The van der Waals surface area contributed by atoms with Crippen LogP contribution in [0.2, 0.25) is 0 Å². The fraction of sp³-hybridized carbons (Fsp3) is 0.467. The van der Waals surface area contributed by atoms with Crippen molar-refractivity contribution in [1.29, 1.82) is 0 Å². The van der Waals surface area contributed by atoms with E-state index in [2.05, 4.69) is 20.9 Å². The third-order valence-corrected chi connectivity index (χ3v) is 3.20. The van der Waals surface area contributed by atoms with E-state index in [1.165, 1.54) is 4.90 Å². The summed E-state index contributed by atoms with van der Waals surface area (Å²) >= 11 is 0. The van der Waals surface area contributed by atoms with Crippen LogP contribution in [0.15, 0.2) is 18.2 Å². The highest BCUT2D eigenvalue weighted by atomic mass is 16.2. The predicted octanol–water partition coefficient (Wildman–Crippen LogP) is 0.841. The molecule has 0 saturated heterocycles. The lowest BCUT2D eigenvalue weighted by Crippen LogP contribution is -2.40. The Morgan fingerprint density at radius 2 is 2.04 bits per heavy atom. The van der Waals surface area contributed by atoms with Crippen LogP contribution in [-0.4, -0.2) is 58.5 Å². The number of carbonyl (C=O) groups excluding carboxylic acids is 2. The van der Waals surface area contributed by atoms with Gasteiger partial charge in [0.2, 0.25) is 0 Å². The molecule has 23 heavy (non-hydrogen) atoms. The quantitative estimate of drug-likeness (QED) is 0.854. The molecule has 0 atom stereocenters. The van der Waals surface area contributed by atoms with Crippen molar-refractivity contribution < 1.29 is 9.59 Å². The van der Waals surface area contributed by atoms with E-state index in [1.807, 2.05) is 19.9 Å². The SMILES string of the molecule is CC(C)NC(=O)NCCn1nnc2cc(C(=O)N(C)C)ccc21. The molecule has 0 unspecified atom stereocenters. The molecule has 2 aromatic rings. The van der Waals surface area contributed by atoms with E-state index in [4.69, 9.17) is 0 Å². The molecule has 2 rings (SSSR count). The van der Waals surface area contributed by atoms with Gasteiger partial charge >= 0.3 is 6.03 Å². The van der Waals surface area contributed by atoms with E-state index in [-0.39, 0.29) is 18.0 Å². The molecule has 0 aliphatic carbocycles. The smallest absolute Gasteiger partial charge is 0.315 e. The Labute approximate surface area is 134 Å². The van der Waals surface area contributed by atoms with Crippen LogP contribution in [0.1, 0.15) is 24.2 Å². The van der Waals surface area contributed by atoms with Crippen LogP contribution in [-0.2, 0) is 6.54 Å². The van der Waals surface area contributed by atoms with E-state index in [0.29, 0.717) is 24.2 Å². The molecule has 8 heteroatoms. The predicted molar refractivity (Wildman–Crippen MR) is 87.2 cm³/mol. The number of aromatic nitrogens is 3. The topological polar surface area (TPSA) is 92.1 Å². The second kappa shape index (κ2) is 7.08. The first-order chi connectivity index (χ1) is 10.9. The summed E-state index contributed by atoms with van der Waals surface area (Å²) in [5.41, 5.74) is 2.06. The molecule has 8 nitrogen and oxygen atoms in total. The van der Waals surface area contributed by atoms with Gasteiger partial charge in [0.1, 0.15) is 5.52 Å². The van der Waals surface area contributed by atoms with Gasteiger partial charge in [-0.25, -0.2) is 9.48 Å². The molecule has 1 aromatic heterocycles. The molecule has 0 saturated carbocycles. The molecule has 0 aliphatic heterocycles. The van der Waals surface area contributed by atoms with Crippen molar-refractivity contribution in [2.45, 2.75) is 26.4 Å². The average Bonchev–Trinajstić information content (AvgIpc) is 2.88. The third-order valence-electron chi connectivity index (χ3n) is 3.20. The number of amides is 3. The summed E-state index contributed by atoms with van der Waals surface area (Å²) in [6, 6.07) is 5.18. The van der Waals surface area contributed by atoms with E-state index in [0.717, 1.165) is 5.52 Å². The first kappa shape index (κ1) is 16.7. The van der Waals surface area contributed by atoms with Crippen LogP contribution in [0.5, 0.6) is 0 Å². The second-order valence-electron chi connectivity index (χ2n) is 5.77. The standard InChI is InChI=1S/C15H22N6O2/c1-10(2)17-15(23)16-7-8-21-13-6-5-11(14(22)20(3)4)9-12(13)18-19-21/h5-6,9-10H,7-8H2,1-4H3,(H2,16,17,23). The van der Waals surface area contributed by atoms with Crippen molar-refractivity contribution in [3.8, 4) is 0 Å². The summed E-state index contributed by atoms with van der Waals surface area (Å²) in [6.07, 6.45) is 0. The maximum Gasteiger partial charge on any atom is 0.315 e. The van der Waals surface area contributed by atoms with Crippen molar-refractivity contribution >= 4 is 23.0 Å². The zero-order valence-electron chi connectivity index (χ0n) is 13.8. The molecule has 0 aliphatic rings. The minimum Gasteiger partial charge on any atom is -0.345 e. The molecule has 0 fully saturated rings. The van der Waals surface area contributed by atoms with Gasteiger partial charge in [0, 0.05) is 32.2 Å². The number of rotatable bonds is 5. The number of fused-ring (bicyclic) bond motifs is 1. The van der Waals surface area contributed by atoms with Crippen molar-refractivity contribution in [1.82, 2.24) is 30.5 Å². The Balaban J connectivity index is 2.03. The molecule has 1 aromatic carbocycles. The number of carbonyl (C=O) groups is 2. The lowest BCUT2D eigenvalue weighted by Gasteiger charge is -2.10. The zero-order valence-corrected chi connectivity index (χ0v) is 13.8. The highest BCUT2D eigenvalue weighted by Gasteiger charge is 2.11. The van der Waals surface area contributed by atoms with Gasteiger partial charge in [0.05, 0.1) is 12.1 Å². The molecule has 2 N–H and O–H groups in total. The minimum absolute atomic E-state index is 0.0755. The summed E-state index contributed by atoms with van der Waals surface area (Å²) in [6.45, 7) is 4.74. The number of benzene rings is 1. The zero-order chi connectivity index (χ0) is 17.0. The van der Waals surface area contributed by atoms with E-state index < -0.39 is 0 Å². The van der Waals surface area contributed by atoms with Crippen LogP contribution in [0.3, 0.4) is 0 Å². The van der Waals surface area contributed by atoms with Gasteiger partial charge in [-0.3, -0.25) is 4.79 Å². The van der Waals surface area contributed by atoms with Crippen LogP contribution < -0.4 is 10.6 Å². The molecule has 1 heterocycles. The summed E-state index contributed by atoms with van der Waals surface area (Å²) < 4.78 is 1.70. The van der Waals surface area contributed by atoms with Crippen LogP contribution in [0.25, 0.3) is 11.0 Å². The van der Waals surface area contributed by atoms with Gasteiger partial charge in [0.15, 0.2) is 0 Å². The second-order valence-corrected chi connectivity index (χ2v) is 5.77. The number of hydrogen-bond acceptors (Lipinski definition) is 4. The number of nitrogens with zero attached hydrogens (tertiary/aromatic N) is 4. The molecular weight excluding hydrogens is 296 g/mol. The summed E-state index contributed by atoms with van der Waals surface area (Å²) in [4.78, 5) is 25.0. The minimum atomic E-state index is -0.205. The first-order valence-electron chi connectivity index (χ1n) is 7.47. The molecule has 0 bridgehead atoms. The number of nitrogens with one attached hydrogen (secondary N) is 2. The number of urea groups is 1. The Kier molecular flexibility index (Phi) is 5.15. The number of hydrogen-bond donors (Lipinski definition) is 2. The fourth-order valence-electron chi connectivity index (χ4n) is 2.12. The van der Waals surface area contributed by atoms with E-state index >= 15 is 0 Å². The molecular formula is C15H22N6O2. The van der Waals surface area contributed by atoms with Crippen molar-refractivity contribution in [2.75, 3.05) is 20.6 Å². The van der Waals surface area contributed by atoms with Crippen LogP contribution in [0.4, 0.5) is 4.79 Å². The van der Waals surface area contributed by atoms with Crippen molar-refractivity contribution in [3.63, 3.8) is 0 Å². The van der Waals surface area contributed by atoms with E-state index in [1.54, 1.807) is 30.9 Å². The highest BCUT2D eigenvalue weighted by molar-refractivity contribution is 5.97. The maximum atomic E-state index is 11.9. The lowest BCUT2D eigenvalue weighted by molar-refractivity contribution is 0.0827. The Bertz CT molecular complexity index is 707. The van der Waals surface area contributed by atoms with Crippen LogP contribution in [0, 0.1) is 0 Å². The van der Waals surface area contributed by atoms with Gasteiger partial charge in [-0.15, -0.1) is 5.10 Å². The summed E-state index contributed by atoms with van der Waals surface area (Å²) in [5.74, 6) is -0.0755. The normalized spacial score (nSPS) is 10.8. The summed E-state index contributed by atoms with van der Waals surface area (Å²) in [7, 11) is 3.41. The molecule has 124 valence electrons. The average molecular weight is 318 g/mol. The summed E-state index contributed by atoms with van der Waals surface area (Å²) in [5, 5.41) is 13.7. The lowest BCUT2D eigenvalue weighted by atomic mass is 10.2. The molecule has 3 amide bonds. The highest BCUT2D eigenvalue weighted by Crippen LogP contribution is 2.14. The van der Waals surface area contributed by atoms with Crippen LogP contribution >= 0.6 is 0 Å². The monoisotopic (exact) mass is 318 g/mol. The van der Waals surface area contributed by atoms with Crippen molar-refractivity contribution in [3.05, 3.63) is 23.8 Å². The van der Waals surface area contributed by atoms with E-state index in [9.17, 15) is 9.59 Å². The van der Waals surface area contributed by atoms with Gasteiger partial charge < -0.3 is 15.5 Å². The Hall–Kier alpha value is -2.64. The largest absolute Gasteiger partial charge is 0.345 e. The van der Waals surface area contributed by atoms with Gasteiger partial charge in [-0.1, -0.05) is 5.21 Å². The Morgan fingerprint density at radius 1 is 1.30 bits per heavy atom. The Morgan fingerprint density at radius 3 is 2.70 bits per heavy atom. The van der Waals surface area contributed by atoms with Gasteiger partial charge in [-0.2, -0.15) is 0 Å².